The van der Waals surface area contributed by atoms with Gasteiger partial charge >= 0.3 is 0 Å². The van der Waals surface area contributed by atoms with Crippen LogP contribution in [-0.2, 0) is 6.54 Å². The molecule has 0 unspecified atom stereocenters. The summed E-state index contributed by atoms with van der Waals surface area (Å²) in [5.74, 6) is 1.82. The second-order valence-corrected chi connectivity index (χ2v) is 6.68. The summed E-state index contributed by atoms with van der Waals surface area (Å²) in [7, 11) is 2.12. The number of nitrogen functional groups attached to an aromatic ring is 1. The molecular formula is C16H20Cl2N6. The molecule has 1 aromatic heterocycles. The Balaban J connectivity index is 1.70. The maximum absolute atomic E-state index is 6.04. The topological polar surface area (TPSA) is 70.3 Å². The van der Waals surface area contributed by atoms with Crippen LogP contribution in [-0.4, -0.2) is 48.1 Å². The summed E-state index contributed by atoms with van der Waals surface area (Å²) in [6, 6.07) is 7.47. The van der Waals surface area contributed by atoms with Crippen molar-refractivity contribution in [1.82, 2.24) is 14.9 Å². The van der Waals surface area contributed by atoms with Crippen molar-refractivity contribution in [2.45, 2.75) is 6.54 Å². The zero-order chi connectivity index (χ0) is 17.1. The summed E-state index contributed by atoms with van der Waals surface area (Å²) >= 11 is 12.0. The zero-order valence-electron chi connectivity index (χ0n) is 13.5. The van der Waals surface area contributed by atoms with Crippen LogP contribution >= 0.6 is 23.2 Å². The second kappa shape index (κ2) is 7.42. The number of halogens is 2. The van der Waals surface area contributed by atoms with Gasteiger partial charge in [-0.1, -0.05) is 29.3 Å². The molecule has 3 N–H and O–H groups in total. The first-order chi connectivity index (χ1) is 11.5. The molecule has 0 atom stereocenters. The van der Waals surface area contributed by atoms with E-state index in [2.05, 4.69) is 32.1 Å². The average molecular weight is 367 g/mol. The molecule has 1 aromatic carbocycles. The molecule has 8 heteroatoms. The van der Waals surface area contributed by atoms with Gasteiger partial charge in [0.2, 0.25) is 5.95 Å². The number of nitrogens with one attached hydrogen (secondary N) is 1. The molecule has 0 amide bonds. The van der Waals surface area contributed by atoms with Crippen LogP contribution in [0.3, 0.4) is 0 Å². The van der Waals surface area contributed by atoms with Crippen LogP contribution < -0.4 is 16.0 Å². The quantitative estimate of drug-likeness (QED) is 0.866. The van der Waals surface area contributed by atoms with Crippen molar-refractivity contribution in [3.05, 3.63) is 39.9 Å². The van der Waals surface area contributed by atoms with Crippen molar-refractivity contribution in [3.8, 4) is 0 Å². The molecule has 1 fully saturated rings. The van der Waals surface area contributed by atoms with Gasteiger partial charge in [0.25, 0.3) is 0 Å². The fourth-order valence-electron chi connectivity index (χ4n) is 2.58. The van der Waals surface area contributed by atoms with Crippen molar-refractivity contribution in [1.29, 1.82) is 0 Å². The number of benzene rings is 1. The number of aromatic nitrogens is 2. The van der Waals surface area contributed by atoms with Crippen molar-refractivity contribution >= 4 is 40.8 Å². The van der Waals surface area contributed by atoms with Gasteiger partial charge in [-0.2, -0.15) is 9.97 Å². The maximum Gasteiger partial charge on any atom is 0.223 e. The summed E-state index contributed by atoms with van der Waals surface area (Å²) in [5.41, 5.74) is 6.88. The number of hydrogen-bond donors (Lipinski definition) is 2. The van der Waals surface area contributed by atoms with Crippen molar-refractivity contribution in [2.24, 2.45) is 0 Å². The Bertz CT molecular complexity index is 716. The molecule has 1 saturated heterocycles. The van der Waals surface area contributed by atoms with Crippen LogP contribution in [0.25, 0.3) is 0 Å². The standard InChI is InChI=1S/C16H20Cl2N6/c1-23-4-6-24(7-5-23)15-9-14(21-16(19)22-15)20-10-11-2-3-12(17)13(18)8-11/h2-3,8-9H,4-7,10H2,1H3,(H3,19,20,21,22). The maximum atomic E-state index is 6.04. The van der Waals surface area contributed by atoms with Crippen molar-refractivity contribution in [2.75, 3.05) is 49.2 Å². The Morgan fingerprint density at radius 2 is 1.83 bits per heavy atom. The van der Waals surface area contributed by atoms with E-state index < -0.39 is 0 Å². The van der Waals surface area contributed by atoms with E-state index in [1.807, 2.05) is 18.2 Å². The molecule has 0 saturated carbocycles. The molecule has 0 radical (unpaired) electrons. The lowest BCUT2D eigenvalue weighted by Crippen LogP contribution is -2.44. The first-order valence-electron chi connectivity index (χ1n) is 7.77. The minimum atomic E-state index is 0.267. The van der Waals surface area contributed by atoms with Gasteiger partial charge in [-0.15, -0.1) is 0 Å². The molecule has 6 nitrogen and oxygen atoms in total. The minimum Gasteiger partial charge on any atom is -0.368 e. The molecule has 0 bridgehead atoms. The first kappa shape index (κ1) is 17.1. The highest BCUT2D eigenvalue weighted by atomic mass is 35.5. The number of rotatable bonds is 4. The third-order valence-corrected chi connectivity index (χ3v) is 4.75. The number of nitrogens with two attached hydrogens (primary N) is 1. The molecule has 1 aliphatic rings. The van der Waals surface area contributed by atoms with Crippen LogP contribution in [0.1, 0.15) is 5.56 Å². The van der Waals surface area contributed by atoms with Gasteiger partial charge < -0.3 is 20.9 Å². The van der Waals surface area contributed by atoms with Gasteiger partial charge in [0.1, 0.15) is 11.6 Å². The monoisotopic (exact) mass is 366 g/mol. The SMILES string of the molecule is CN1CCN(c2cc(NCc3ccc(Cl)c(Cl)c3)nc(N)n2)CC1. The van der Waals surface area contributed by atoms with Crippen molar-refractivity contribution in [3.63, 3.8) is 0 Å². The van der Waals surface area contributed by atoms with E-state index in [1.165, 1.54) is 0 Å². The molecule has 2 aromatic rings. The van der Waals surface area contributed by atoms with E-state index in [4.69, 9.17) is 28.9 Å². The second-order valence-electron chi connectivity index (χ2n) is 5.86. The normalized spacial score (nSPS) is 15.5. The van der Waals surface area contributed by atoms with Crippen LogP contribution in [0.4, 0.5) is 17.6 Å². The highest BCUT2D eigenvalue weighted by Crippen LogP contribution is 2.23. The van der Waals surface area contributed by atoms with Gasteiger partial charge in [0.15, 0.2) is 0 Å². The Labute approximate surface area is 151 Å². The molecular weight excluding hydrogens is 347 g/mol. The summed E-state index contributed by atoms with van der Waals surface area (Å²) in [4.78, 5) is 13.1. The van der Waals surface area contributed by atoms with E-state index in [-0.39, 0.29) is 5.95 Å². The lowest BCUT2D eigenvalue weighted by atomic mass is 10.2. The van der Waals surface area contributed by atoms with Gasteiger partial charge in [-0.05, 0) is 24.7 Å². The summed E-state index contributed by atoms with van der Waals surface area (Å²) in [6.07, 6.45) is 0. The van der Waals surface area contributed by atoms with E-state index in [1.54, 1.807) is 6.07 Å². The molecule has 128 valence electrons. The summed E-state index contributed by atoms with van der Waals surface area (Å²) in [5, 5.41) is 4.35. The Morgan fingerprint density at radius 1 is 1.08 bits per heavy atom. The van der Waals surface area contributed by atoms with Gasteiger partial charge in [0, 0.05) is 38.8 Å². The smallest absolute Gasteiger partial charge is 0.223 e. The number of piperazine rings is 1. The average Bonchev–Trinajstić information content (AvgIpc) is 2.56. The number of likely N-dealkylation sites (N-methyl/N-ethyl adjacent to an activating group) is 1. The third kappa shape index (κ3) is 4.20. The first-order valence-corrected chi connectivity index (χ1v) is 8.53. The molecule has 3 rings (SSSR count). The molecule has 0 spiro atoms. The largest absolute Gasteiger partial charge is 0.368 e. The third-order valence-electron chi connectivity index (χ3n) is 4.01. The lowest BCUT2D eigenvalue weighted by Gasteiger charge is -2.33. The number of hydrogen-bond acceptors (Lipinski definition) is 6. The lowest BCUT2D eigenvalue weighted by molar-refractivity contribution is 0.312. The van der Waals surface area contributed by atoms with Gasteiger partial charge in [-0.3, -0.25) is 0 Å². The van der Waals surface area contributed by atoms with Crippen LogP contribution in [0.2, 0.25) is 10.0 Å². The highest BCUT2D eigenvalue weighted by molar-refractivity contribution is 6.42. The van der Waals surface area contributed by atoms with Gasteiger partial charge in [-0.25, -0.2) is 0 Å². The van der Waals surface area contributed by atoms with E-state index in [9.17, 15) is 0 Å². The Kier molecular flexibility index (Phi) is 5.28. The van der Waals surface area contributed by atoms with Crippen LogP contribution in [0.15, 0.2) is 24.3 Å². The Hall–Kier alpha value is -1.76. The van der Waals surface area contributed by atoms with E-state index >= 15 is 0 Å². The number of nitrogens with zero attached hydrogens (tertiary/aromatic N) is 4. The molecule has 1 aliphatic heterocycles. The van der Waals surface area contributed by atoms with Crippen LogP contribution in [0, 0.1) is 0 Å². The fourth-order valence-corrected chi connectivity index (χ4v) is 2.90. The zero-order valence-corrected chi connectivity index (χ0v) is 15.0. The molecule has 0 aliphatic carbocycles. The predicted molar refractivity (Wildman–Crippen MR) is 99.9 cm³/mol. The van der Waals surface area contributed by atoms with E-state index in [0.29, 0.717) is 22.4 Å². The molecule has 24 heavy (non-hydrogen) atoms. The minimum absolute atomic E-state index is 0.267. The summed E-state index contributed by atoms with van der Waals surface area (Å²) in [6.45, 7) is 4.46. The van der Waals surface area contributed by atoms with Gasteiger partial charge in [0.05, 0.1) is 10.0 Å². The van der Waals surface area contributed by atoms with Crippen molar-refractivity contribution < 1.29 is 0 Å². The van der Waals surface area contributed by atoms with Crippen LogP contribution in [0.5, 0.6) is 0 Å². The number of anilines is 3. The Morgan fingerprint density at radius 3 is 2.54 bits per heavy atom. The highest BCUT2D eigenvalue weighted by Gasteiger charge is 2.16. The van der Waals surface area contributed by atoms with E-state index in [0.717, 1.165) is 37.6 Å². The predicted octanol–water partition coefficient (Wildman–Crippen LogP) is 2.73. The fraction of sp³-hybridized carbons (Fsp3) is 0.375. The molecule has 2 heterocycles. The summed E-state index contributed by atoms with van der Waals surface area (Å²) < 4.78 is 0.